The van der Waals surface area contributed by atoms with Crippen LogP contribution in [0.4, 0.5) is 4.39 Å². The van der Waals surface area contributed by atoms with Crippen LogP contribution in [0.3, 0.4) is 0 Å². The van der Waals surface area contributed by atoms with Crippen LogP contribution in [0.25, 0.3) is 11.3 Å². The molecule has 7 nitrogen and oxygen atoms in total. The molecule has 2 N–H and O–H groups in total. The third-order valence-electron chi connectivity index (χ3n) is 8.19. The van der Waals surface area contributed by atoms with Crippen molar-refractivity contribution in [1.29, 1.82) is 0 Å². The molecule has 1 fully saturated rings. The number of rotatable bonds is 6. The molecule has 1 aromatic heterocycles. The largest absolute Gasteiger partial charge is 0.490 e. The molecule has 2 heterocycles. The minimum absolute atomic E-state index is 0.0201. The maximum Gasteiger partial charge on any atom is 0.326 e. The van der Waals surface area contributed by atoms with Crippen molar-refractivity contribution in [3.05, 3.63) is 50.6 Å². The fraction of sp³-hybridized carbons (Fsp3) is 0.581. The van der Waals surface area contributed by atoms with Crippen LogP contribution >= 0.6 is 0 Å². The lowest BCUT2D eigenvalue weighted by Gasteiger charge is -2.30. The van der Waals surface area contributed by atoms with E-state index >= 15 is 4.39 Å². The number of nitrogens with zero attached hydrogens (tertiary/aromatic N) is 1. The molecule has 2 aromatic rings. The van der Waals surface area contributed by atoms with Crippen molar-refractivity contribution in [2.45, 2.75) is 98.6 Å². The molecule has 39 heavy (non-hydrogen) atoms. The van der Waals surface area contributed by atoms with Crippen molar-refractivity contribution in [1.82, 2.24) is 9.88 Å². The zero-order chi connectivity index (χ0) is 28.6. The molecule has 212 valence electrons. The Balaban J connectivity index is 1.93. The predicted octanol–water partition coefficient (Wildman–Crippen LogP) is 5.97. The number of halogens is 1. The fourth-order valence-corrected chi connectivity index (χ4v) is 6.04. The smallest absolute Gasteiger partial charge is 0.326 e. The molecule has 4 rings (SSSR count). The second-order valence-corrected chi connectivity index (χ2v) is 12.6. The van der Waals surface area contributed by atoms with Gasteiger partial charge in [-0.2, -0.15) is 0 Å². The van der Waals surface area contributed by atoms with Gasteiger partial charge in [0.1, 0.15) is 6.04 Å². The van der Waals surface area contributed by atoms with Crippen molar-refractivity contribution in [2.75, 3.05) is 6.61 Å². The Morgan fingerprint density at radius 2 is 1.82 bits per heavy atom. The minimum Gasteiger partial charge on any atom is -0.490 e. The van der Waals surface area contributed by atoms with E-state index in [0.717, 1.165) is 37.7 Å². The highest BCUT2D eigenvalue weighted by molar-refractivity contribution is 5.97. The second kappa shape index (κ2) is 11.1. The van der Waals surface area contributed by atoms with Crippen molar-refractivity contribution in [3.63, 3.8) is 0 Å². The number of hydrogen-bond donors (Lipinski definition) is 2. The van der Waals surface area contributed by atoms with Gasteiger partial charge in [-0.25, -0.2) is 9.18 Å². The average molecular weight is 541 g/mol. The van der Waals surface area contributed by atoms with Crippen LogP contribution in [0.2, 0.25) is 0 Å². The SMILES string of the molecule is Cc1c(-c2c(C)c(C(=O)NC3CCC(C)CC3)cc(=O)n2C(CC(C)(C)C)C(=O)O)cc(F)c2c1CCCO2. The van der Waals surface area contributed by atoms with Crippen molar-refractivity contribution >= 4 is 11.9 Å². The normalized spacial score (nSPS) is 20.1. The summed E-state index contributed by atoms with van der Waals surface area (Å²) in [6, 6.07) is 1.38. The second-order valence-electron chi connectivity index (χ2n) is 12.6. The van der Waals surface area contributed by atoms with Gasteiger partial charge in [0, 0.05) is 28.8 Å². The number of hydrogen-bond acceptors (Lipinski definition) is 4. The molecule has 0 spiro atoms. The molecule has 1 aliphatic carbocycles. The van der Waals surface area contributed by atoms with E-state index in [1.54, 1.807) is 6.92 Å². The van der Waals surface area contributed by atoms with Gasteiger partial charge in [-0.1, -0.05) is 27.7 Å². The Labute approximate surface area is 229 Å². The number of aliphatic carboxylic acids is 1. The van der Waals surface area contributed by atoms with Crippen LogP contribution in [-0.2, 0) is 11.2 Å². The zero-order valence-electron chi connectivity index (χ0n) is 23.9. The summed E-state index contributed by atoms with van der Waals surface area (Å²) in [6.45, 7) is 11.9. The Morgan fingerprint density at radius 1 is 1.15 bits per heavy atom. The predicted molar refractivity (Wildman–Crippen MR) is 149 cm³/mol. The number of ether oxygens (including phenoxy) is 1. The number of carboxylic acid groups (broad SMARTS) is 1. The first kappa shape index (κ1) is 28.8. The summed E-state index contributed by atoms with van der Waals surface area (Å²) in [5.41, 5.74) is 1.76. The van der Waals surface area contributed by atoms with E-state index in [4.69, 9.17) is 4.74 Å². The van der Waals surface area contributed by atoms with E-state index in [9.17, 15) is 19.5 Å². The number of nitrogens with one attached hydrogen (secondary N) is 1. The summed E-state index contributed by atoms with van der Waals surface area (Å²) < 4.78 is 22.2. The first-order valence-electron chi connectivity index (χ1n) is 14.0. The van der Waals surface area contributed by atoms with E-state index in [1.807, 2.05) is 27.7 Å². The molecule has 2 aliphatic rings. The number of amides is 1. The van der Waals surface area contributed by atoms with E-state index in [0.29, 0.717) is 35.6 Å². The number of carboxylic acids is 1. The number of carbonyl (C=O) groups is 2. The number of pyridine rings is 1. The summed E-state index contributed by atoms with van der Waals surface area (Å²) in [6.07, 6.45) is 5.32. The average Bonchev–Trinajstić information content (AvgIpc) is 2.86. The highest BCUT2D eigenvalue weighted by atomic mass is 19.1. The molecule has 0 radical (unpaired) electrons. The van der Waals surface area contributed by atoms with Crippen LogP contribution in [0.15, 0.2) is 16.9 Å². The number of carbonyl (C=O) groups excluding carboxylic acids is 1. The highest BCUT2D eigenvalue weighted by Gasteiger charge is 2.33. The summed E-state index contributed by atoms with van der Waals surface area (Å²) in [7, 11) is 0. The lowest BCUT2D eigenvalue weighted by Crippen LogP contribution is -2.39. The van der Waals surface area contributed by atoms with Crippen LogP contribution in [0, 0.1) is 31.0 Å². The first-order valence-corrected chi connectivity index (χ1v) is 14.0. The molecule has 1 saturated carbocycles. The lowest BCUT2D eigenvalue weighted by atomic mass is 9.86. The van der Waals surface area contributed by atoms with E-state index in [-0.39, 0.29) is 35.4 Å². The summed E-state index contributed by atoms with van der Waals surface area (Å²) in [4.78, 5) is 39.8. The Morgan fingerprint density at radius 3 is 2.44 bits per heavy atom. The topological polar surface area (TPSA) is 97.6 Å². The van der Waals surface area contributed by atoms with Gasteiger partial charge >= 0.3 is 5.97 Å². The van der Waals surface area contributed by atoms with Crippen LogP contribution < -0.4 is 15.6 Å². The Kier molecular flexibility index (Phi) is 8.24. The summed E-state index contributed by atoms with van der Waals surface area (Å²) >= 11 is 0. The quantitative estimate of drug-likeness (QED) is 0.471. The highest BCUT2D eigenvalue weighted by Crippen LogP contribution is 2.40. The van der Waals surface area contributed by atoms with Crippen molar-refractivity contribution in [2.24, 2.45) is 11.3 Å². The van der Waals surface area contributed by atoms with Gasteiger partial charge in [-0.15, -0.1) is 0 Å². The van der Waals surface area contributed by atoms with E-state index in [2.05, 4.69) is 12.2 Å². The van der Waals surface area contributed by atoms with E-state index < -0.39 is 28.8 Å². The standard InChI is InChI=1S/C31H41FN2O5/c1-17-9-11-20(12-10-17)33-29(36)23-15-26(35)34(25(30(37)38)16-31(4,5)6)27(19(23)3)22-14-24(32)28-21(18(22)2)8-7-13-39-28/h14-15,17,20,25H,7-13,16H2,1-6H3,(H,33,36)(H,37,38). The van der Waals surface area contributed by atoms with Crippen molar-refractivity contribution in [3.8, 4) is 17.0 Å². The molecule has 1 unspecified atom stereocenters. The molecule has 1 aromatic carbocycles. The molecule has 1 aliphatic heterocycles. The van der Waals surface area contributed by atoms with Gasteiger partial charge < -0.3 is 15.2 Å². The summed E-state index contributed by atoms with van der Waals surface area (Å²) in [5, 5.41) is 13.4. The molecule has 0 bridgehead atoms. The zero-order valence-corrected chi connectivity index (χ0v) is 23.9. The van der Waals surface area contributed by atoms with Crippen LogP contribution in [-0.4, -0.2) is 34.2 Å². The summed E-state index contributed by atoms with van der Waals surface area (Å²) in [5.74, 6) is -1.24. The Bertz CT molecular complexity index is 1330. The molecular weight excluding hydrogens is 499 g/mol. The van der Waals surface area contributed by atoms with Gasteiger partial charge in [0.2, 0.25) is 0 Å². The molecule has 0 saturated heterocycles. The maximum absolute atomic E-state index is 15.4. The lowest BCUT2D eigenvalue weighted by molar-refractivity contribution is -0.141. The number of benzene rings is 1. The molecule has 1 atom stereocenters. The van der Waals surface area contributed by atoms with Crippen LogP contribution in [0.5, 0.6) is 5.75 Å². The molecule has 8 heteroatoms. The van der Waals surface area contributed by atoms with Crippen molar-refractivity contribution < 1.29 is 23.8 Å². The molecule has 1 amide bonds. The van der Waals surface area contributed by atoms with Gasteiger partial charge in [-0.05, 0) is 87.3 Å². The number of fused-ring (bicyclic) bond motifs is 1. The number of aromatic nitrogens is 1. The third-order valence-corrected chi connectivity index (χ3v) is 8.19. The van der Waals surface area contributed by atoms with Gasteiger partial charge in [0.15, 0.2) is 11.6 Å². The third kappa shape index (κ3) is 6.04. The van der Waals surface area contributed by atoms with E-state index in [1.165, 1.54) is 16.7 Å². The first-order chi connectivity index (χ1) is 18.3. The Hall–Kier alpha value is -3.16. The maximum atomic E-state index is 15.4. The van der Waals surface area contributed by atoms with Gasteiger partial charge in [0.05, 0.1) is 12.3 Å². The van der Waals surface area contributed by atoms with Gasteiger partial charge in [0.25, 0.3) is 11.5 Å². The fourth-order valence-electron chi connectivity index (χ4n) is 6.04. The monoisotopic (exact) mass is 540 g/mol. The molecular formula is C31H41FN2O5. The minimum atomic E-state index is -1.20. The van der Waals surface area contributed by atoms with Gasteiger partial charge in [-0.3, -0.25) is 14.2 Å². The van der Waals surface area contributed by atoms with Crippen LogP contribution in [0.1, 0.15) is 99.3 Å².